The molecule has 3 aliphatic rings. The lowest BCUT2D eigenvalue weighted by molar-refractivity contribution is -0.144. The molecular formula is C22H30N4O2S. The van der Waals surface area contributed by atoms with E-state index in [0.29, 0.717) is 19.1 Å². The summed E-state index contributed by atoms with van der Waals surface area (Å²) in [6.07, 6.45) is 8.42. The molecule has 0 unspecified atom stereocenters. The highest BCUT2D eigenvalue weighted by Crippen LogP contribution is 2.44. The molecule has 6 nitrogen and oxygen atoms in total. The van der Waals surface area contributed by atoms with Crippen LogP contribution in [0.5, 0.6) is 0 Å². The van der Waals surface area contributed by atoms with Crippen molar-refractivity contribution in [1.82, 2.24) is 14.9 Å². The molecule has 0 spiro atoms. The van der Waals surface area contributed by atoms with Gasteiger partial charge in [0.2, 0.25) is 0 Å². The van der Waals surface area contributed by atoms with E-state index in [9.17, 15) is 4.79 Å². The molecule has 7 heteroatoms. The average Bonchev–Trinajstić information content (AvgIpc) is 3.52. The van der Waals surface area contributed by atoms with Gasteiger partial charge < -0.3 is 9.64 Å². The van der Waals surface area contributed by atoms with Crippen molar-refractivity contribution in [2.75, 3.05) is 44.2 Å². The number of carbonyl (C=O) groups excluding carboxylic acids is 1. The predicted molar refractivity (Wildman–Crippen MR) is 116 cm³/mol. The van der Waals surface area contributed by atoms with Crippen LogP contribution in [0.4, 0.5) is 5.82 Å². The van der Waals surface area contributed by atoms with Gasteiger partial charge in [-0.1, -0.05) is 0 Å². The van der Waals surface area contributed by atoms with Gasteiger partial charge in [-0.3, -0.25) is 9.69 Å². The summed E-state index contributed by atoms with van der Waals surface area (Å²) < 4.78 is 5.14. The number of ether oxygens (including phenoxy) is 1. The largest absolute Gasteiger partial charge is 0.465 e. The molecule has 2 aromatic heterocycles. The smallest absolute Gasteiger partial charge is 0.320 e. The van der Waals surface area contributed by atoms with E-state index in [-0.39, 0.29) is 5.97 Å². The minimum atomic E-state index is -0.117. The van der Waals surface area contributed by atoms with Crippen LogP contribution in [0.3, 0.4) is 0 Å². The van der Waals surface area contributed by atoms with Crippen molar-refractivity contribution in [1.29, 1.82) is 0 Å². The van der Waals surface area contributed by atoms with E-state index in [4.69, 9.17) is 14.7 Å². The Hall–Kier alpha value is -1.73. The van der Waals surface area contributed by atoms with E-state index in [2.05, 4.69) is 9.80 Å². The van der Waals surface area contributed by atoms with Gasteiger partial charge in [-0.05, 0) is 57.4 Å². The molecule has 156 valence electrons. The number of aryl methyl sites for hydroxylation is 2. The number of hydrogen-bond donors (Lipinski definition) is 0. The Morgan fingerprint density at radius 3 is 2.79 bits per heavy atom. The lowest BCUT2D eigenvalue weighted by atomic mass is 9.97. The molecule has 0 bridgehead atoms. The van der Waals surface area contributed by atoms with Crippen LogP contribution < -0.4 is 4.90 Å². The Morgan fingerprint density at radius 2 is 1.97 bits per heavy atom. The van der Waals surface area contributed by atoms with E-state index in [0.717, 1.165) is 50.7 Å². The number of carbonyl (C=O) groups is 1. The Labute approximate surface area is 176 Å². The van der Waals surface area contributed by atoms with E-state index in [1.807, 2.05) is 18.3 Å². The molecule has 0 aromatic carbocycles. The van der Waals surface area contributed by atoms with Crippen molar-refractivity contribution >= 4 is 33.3 Å². The van der Waals surface area contributed by atoms with Crippen molar-refractivity contribution in [2.45, 2.75) is 57.8 Å². The Bertz CT molecular complexity index is 908. The molecule has 2 aromatic rings. The molecule has 3 heterocycles. The molecule has 0 atom stereocenters. The van der Waals surface area contributed by atoms with Crippen molar-refractivity contribution in [2.24, 2.45) is 0 Å². The molecule has 1 aliphatic heterocycles. The maximum atomic E-state index is 11.9. The summed E-state index contributed by atoms with van der Waals surface area (Å²) in [7, 11) is 0. The van der Waals surface area contributed by atoms with Gasteiger partial charge in [0, 0.05) is 37.0 Å². The fraction of sp³-hybridized carbons (Fsp3) is 0.682. The Kier molecular flexibility index (Phi) is 5.43. The fourth-order valence-electron chi connectivity index (χ4n) is 4.64. The molecule has 0 radical (unpaired) electrons. The monoisotopic (exact) mass is 414 g/mol. The number of rotatable bonds is 5. The zero-order valence-electron chi connectivity index (χ0n) is 17.3. The average molecular weight is 415 g/mol. The SMILES string of the molecule is CCOC(=O)CN1CCCN(c2nc(C3CC3)nc3sc4c(c23)CCCC4)CC1. The molecule has 2 aliphatic carbocycles. The zero-order chi connectivity index (χ0) is 19.8. The van der Waals surface area contributed by atoms with E-state index >= 15 is 0 Å². The summed E-state index contributed by atoms with van der Waals surface area (Å²) in [5.74, 6) is 2.66. The maximum absolute atomic E-state index is 11.9. The number of esters is 1. The fourth-order valence-corrected chi connectivity index (χ4v) is 5.90. The topological polar surface area (TPSA) is 58.6 Å². The van der Waals surface area contributed by atoms with Gasteiger partial charge in [0.25, 0.3) is 0 Å². The van der Waals surface area contributed by atoms with Gasteiger partial charge in [0.05, 0.1) is 18.5 Å². The van der Waals surface area contributed by atoms with Crippen LogP contribution >= 0.6 is 11.3 Å². The highest BCUT2D eigenvalue weighted by Gasteiger charge is 2.31. The second-order valence-corrected chi connectivity index (χ2v) is 9.58. The second-order valence-electron chi connectivity index (χ2n) is 8.49. The van der Waals surface area contributed by atoms with Gasteiger partial charge in [-0.2, -0.15) is 0 Å². The third-order valence-corrected chi connectivity index (χ3v) is 7.49. The highest BCUT2D eigenvalue weighted by molar-refractivity contribution is 7.19. The number of hydrogen-bond acceptors (Lipinski definition) is 7. The molecule has 5 rings (SSSR count). The van der Waals surface area contributed by atoms with Crippen molar-refractivity contribution < 1.29 is 9.53 Å². The first-order chi connectivity index (χ1) is 14.2. The van der Waals surface area contributed by atoms with Crippen LogP contribution in [0.2, 0.25) is 0 Å². The molecule has 0 N–H and O–H groups in total. The minimum absolute atomic E-state index is 0.117. The molecule has 1 saturated heterocycles. The van der Waals surface area contributed by atoms with Crippen LogP contribution in [-0.2, 0) is 22.4 Å². The third kappa shape index (κ3) is 3.99. The second kappa shape index (κ2) is 8.19. The summed E-state index contributed by atoms with van der Waals surface area (Å²) in [6, 6.07) is 0. The number of fused-ring (bicyclic) bond motifs is 3. The van der Waals surface area contributed by atoms with E-state index in [1.54, 1.807) is 0 Å². The van der Waals surface area contributed by atoms with Gasteiger partial charge in [-0.15, -0.1) is 11.3 Å². The number of anilines is 1. The third-order valence-electron chi connectivity index (χ3n) is 6.30. The summed E-state index contributed by atoms with van der Waals surface area (Å²) >= 11 is 1.91. The molecule has 29 heavy (non-hydrogen) atoms. The zero-order valence-corrected chi connectivity index (χ0v) is 18.1. The van der Waals surface area contributed by atoms with Crippen molar-refractivity contribution in [3.05, 3.63) is 16.3 Å². The van der Waals surface area contributed by atoms with Crippen molar-refractivity contribution in [3.63, 3.8) is 0 Å². The van der Waals surface area contributed by atoms with Crippen LogP contribution in [0, 0.1) is 0 Å². The first kappa shape index (κ1) is 19.2. The van der Waals surface area contributed by atoms with Gasteiger partial charge in [0.1, 0.15) is 16.5 Å². The van der Waals surface area contributed by atoms with Crippen LogP contribution in [0.1, 0.15) is 61.2 Å². The summed E-state index contributed by atoms with van der Waals surface area (Å²) in [5, 5.41) is 1.33. The quantitative estimate of drug-likeness (QED) is 0.698. The first-order valence-corrected chi connectivity index (χ1v) is 12.0. The Balaban J connectivity index is 1.44. The predicted octanol–water partition coefficient (Wildman–Crippen LogP) is 3.52. The maximum Gasteiger partial charge on any atom is 0.320 e. The molecule has 1 saturated carbocycles. The molecule has 2 fully saturated rings. The van der Waals surface area contributed by atoms with E-state index in [1.165, 1.54) is 52.8 Å². The van der Waals surface area contributed by atoms with Gasteiger partial charge in [0.15, 0.2) is 0 Å². The van der Waals surface area contributed by atoms with Crippen LogP contribution in [0.25, 0.3) is 10.2 Å². The summed E-state index contributed by atoms with van der Waals surface area (Å²) in [6.45, 7) is 6.39. The summed E-state index contributed by atoms with van der Waals surface area (Å²) in [4.78, 5) is 29.5. The normalized spacial score (nSPS) is 20.5. The lowest BCUT2D eigenvalue weighted by Crippen LogP contribution is -2.35. The Morgan fingerprint density at radius 1 is 1.10 bits per heavy atom. The van der Waals surface area contributed by atoms with E-state index < -0.39 is 0 Å². The first-order valence-electron chi connectivity index (χ1n) is 11.2. The van der Waals surface area contributed by atoms with Crippen LogP contribution in [-0.4, -0.2) is 60.2 Å². The standard InChI is InChI=1S/C22H30N4O2S/c1-2-28-18(27)14-25-10-5-11-26(13-12-25)21-19-16-6-3-4-7-17(16)29-22(19)24-20(23-21)15-8-9-15/h15H,2-14H2,1H3. The van der Waals surface area contributed by atoms with Crippen molar-refractivity contribution in [3.8, 4) is 0 Å². The molecule has 0 amide bonds. The van der Waals surface area contributed by atoms with Crippen LogP contribution in [0.15, 0.2) is 0 Å². The highest BCUT2D eigenvalue weighted by atomic mass is 32.1. The number of aromatic nitrogens is 2. The number of nitrogens with zero attached hydrogens (tertiary/aromatic N) is 4. The van der Waals surface area contributed by atoms with Gasteiger partial charge in [-0.25, -0.2) is 9.97 Å². The van der Waals surface area contributed by atoms with Gasteiger partial charge >= 0.3 is 5.97 Å². The lowest BCUT2D eigenvalue weighted by Gasteiger charge is -2.24. The number of thiophene rings is 1. The minimum Gasteiger partial charge on any atom is -0.465 e. The summed E-state index contributed by atoms with van der Waals surface area (Å²) in [5.41, 5.74) is 1.52. The molecular weight excluding hydrogens is 384 g/mol.